The lowest BCUT2D eigenvalue weighted by molar-refractivity contribution is -0.121. The van der Waals surface area contributed by atoms with Crippen LogP contribution in [0.2, 0.25) is 0 Å². The Hall–Kier alpha value is -1.80. The number of nitrogens with zero attached hydrogens (tertiary/aromatic N) is 1. The predicted molar refractivity (Wildman–Crippen MR) is 83.6 cm³/mol. The highest BCUT2D eigenvalue weighted by Crippen LogP contribution is 2.29. The highest BCUT2D eigenvalue weighted by Gasteiger charge is 2.19. The molecule has 0 aliphatic carbocycles. The van der Waals surface area contributed by atoms with Crippen LogP contribution in [0.15, 0.2) is 18.2 Å². The summed E-state index contributed by atoms with van der Waals surface area (Å²) in [5.74, 6) is 0.845. The maximum absolute atomic E-state index is 11.9. The number of benzene rings is 1. The molecule has 0 aliphatic heterocycles. The molecule has 0 aliphatic rings. The first-order valence-corrected chi connectivity index (χ1v) is 8.46. The van der Waals surface area contributed by atoms with Gasteiger partial charge in [-0.2, -0.15) is 4.31 Å². The predicted octanol–water partition coefficient (Wildman–Crippen LogP) is 0.772. The number of methoxy groups -OCH3 is 2. The van der Waals surface area contributed by atoms with Crippen molar-refractivity contribution in [2.75, 3.05) is 34.1 Å². The average Bonchev–Trinajstić information content (AvgIpc) is 2.45. The summed E-state index contributed by atoms with van der Waals surface area (Å²) in [7, 11) is 1.05. The Bertz CT molecular complexity index is 630. The molecule has 124 valence electrons. The highest BCUT2D eigenvalue weighted by atomic mass is 32.2. The van der Waals surface area contributed by atoms with Crippen LogP contribution in [-0.2, 0) is 14.8 Å². The number of carbonyl (C=O) groups is 1. The molecule has 1 rings (SSSR count). The van der Waals surface area contributed by atoms with Crippen LogP contribution in [0, 0.1) is 0 Å². The third kappa shape index (κ3) is 4.88. The third-order valence-corrected chi connectivity index (χ3v) is 4.48. The zero-order valence-corrected chi connectivity index (χ0v) is 14.2. The van der Waals surface area contributed by atoms with E-state index in [4.69, 9.17) is 9.47 Å². The van der Waals surface area contributed by atoms with Crippen molar-refractivity contribution in [2.45, 2.75) is 13.0 Å². The van der Waals surface area contributed by atoms with E-state index in [0.29, 0.717) is 11.5 Å². The number of hydrogen-bond acceptors (Lipinski definition) is 5. The Morgan fingerprint density at radius 1 is 1.32 bits per heavy atom. The molecule has 8 heteroatoms. The van der Waals surface area contributed by atoms with E-state index in [1.54, 1.807) is 32.2 Å². The van der Waals surface area contributed by atoms with Crippen molar-refractivity contribution in [3.8, 4) is 11.5 Å². The summed E-state index contributed by atoms with van der Waals surface area (Å²) in [6.07, 6.45) is 1.05. The fourth-order valence-corrected chi connectivity index (χ4v) is 2.21. The third-order valence-electron chi connectivity index (χ3n) is 3.22. The minimum absolute atomic E-state index is 0.234. The Kier molecular flexibility index (Phi) is 6.19. The summed E-state index contributed by atoms with van der Waals surface area (Å²) in [6.45, 7) is 1.56. The lowest BCUT2D eigenvalue weighted by atomic mass is 10.1. The van der Waals surface area contributed by atoms with Crippen LogP contribution in [0.3, 0.4) is 0 Å². The summed E-state index contributed by atoms with van der Waals surface area (Å²) in [5.41, 5.74) is 0.777. The molecule has 1 N–H and O–H groups in total. The fourth-order valence-electron chi connectivity index (χ4n) is 1.86. The Morgan fingerprint density at radius 2 is 1.95 bits per heavy atom. The van der Waals surface area contributed by atoms with E-state index in [-0.39, 0.29) is 12.6 Å². The molecule has 22 heavy (non-hydrogen) atoms. The topological polar surface area (TPSA) is 84.9 Å². The van der Waals surface area contributed by atoms with Gasteiger partial charge in [-0.05, 0) is 19.1 Å². The SMILES string of the molecule is COc1ccc([C@H](C)NC(=O)CN(C)S(C)(=O)=O)c(OC)c1. The maximum Gasteiger partial charge on any atom is 0.235 e. The Morgan fingerprint density at radius 3 is 2.45 bits per heavy atom. The Balaban J connectivity index is 2.80. The van der Waals surface area contributed by atoms with Crippen molar-refractivity contribution in [3.63, 3.8) is 0 Å². The second-order valence-corrected chi connectivity index (χ2v) is 7.01. The molecule has 0 unspecified atom stereocenters. The van der Waals surface area contributed by atoms with Crippen LogP contribution >= 0.6 is 0 Å². The second kappa shape index (κ2) is 7.46. The summed E-state index contributed by atoms with van der Waals surface area (Å²) >= 11 is 0. The normalized spacial score (nSPS) is 12.8. The second-order valence-electron chi connectivity index (χ2n) is 4.92. The number of carbonyl (C=O) groups excluding carboxylic acids is 1. The van der Waals surface area contributed by atoms with Crippen molar-refractivity contribution in [2.24, 2.45) is 0 Å². The first-order chi connectivity index (χ1) is 10.2. The molecule has 0 fully saturated rings. The van der Waals surface area contributed by atoms with Crippen LogP contribution in [0.25, 0.3) is 0 Å². The van der Waals surface area contributed by atoms with Crippen molar-refractivity contribution in [1.82, 2.24) is 9.62 Å². The van der Waals surface area contributed by atoms with Gasteiger partial charge >= 0.3 is 0 Å². The maximum atomic E-state index is 11.9. The Labute approximate surface area is 131 Å². The quantitative estimate of drug-likeness (QED) is 0.798. The molecule has 0 spiro atoms. The summed E-state index contributed by atoms with van der Waals surface area (Å²) in [5, 5.41) is 2.75. The molecule has 7 nitrogen and oxygen atoms in total. The van der Waals surface area contributed by atoms with Crippen molar-refractivity contribution < 1.29 is 22.7 Å². The molecule has 1 amide bonds. The number of amides is 1. The standard InChI is InChI=1S/C14H22N2O5S/c1-10(15-14(17)9-16(2)22(5,18)19)12-7-6-11(20-3)8-13(12)21-4/h6-8,10H,9H2,1-5H3,(H,15,17)/t10-/m0/s1. The van der Waals surface area contributed by atoms with Gasteiger partial charge in [-0.15, -0.1) is 0 Å². The van der Waals surface area contributed by atoms with Gasteiger partial charge in [0.25, 0.3) is 0 Å². The largest absolute Gasteiger partial charge is 0.497 e. The molecule has 0 radical (unpaired) electrons. The molecule has 1 aromatic carbocycles. The lowest BCUT2D eigenvalue weighted by Crippen LogP contribution is -2.38. The molecule has 1 aromatic rings. The van der Waals surface area contributed by atoms with Gasteiger partial charge in [-0.1, -0.05) is 0 Å². The summed E-state index contributed by atoms with van der Waals surface area (Å²) < 4.78 is 34.0. The molecular weight excluding hydrogens is 308 g/mol. The first kappa shape index (κ1) is 18.2. The van der Waals surface area contributed by atoms with Gasteiger partial charge in [0.15, 0.2) is 0 Å². The molecule has 0 aromatic heterocycles. The minimum Gasteiger partial charge on any atom is -0.497 e. The van der Waals surface area contributed by atoms with Crippen LogP contribution in [-0.4, -0.2) is 52.7 Å². The molecule has 1 atom stereocenters. The van der Waals surface area contributed by atoms with E-state index >= 15 is 0 Å². The molecule has 0 saturated carbocycles. The van der Waals surface area contributed by atoms with E-state index in [2.05, 4.69) is 5.32 Å². The van der Waals surface area contributed by atoms with E-state index < -0.39 is 15.9 Å². The number of sulfonamides is 1. The first-order valence-electron chi connectivity index (χ1n) is 6.61. The summed E-state index contributed by atoms with van der Waals surface area (Å²) in [4.78, 5) is 11.9. The van der Waals surface area contributed by atoms with Gasteiger partial charge in [0.1, 0.15) is 11.5 Å². The molecule has 0 saturated heterocycles. The molecule has 0 bridgehead atoms. The smallest absolute Gasteiger partial charge is 0.235 e. The summed E-state index contributed by atoms with van der Waals surface area (Å²) in [6, 6.07) is 4.95. The zero-order chi connectivity index (χ0) is 16.9. The monoisotopic (exact) mass is 330 g/mol. The lowest BCUT2D eigenvalue weighted by Gasteiger charge is -2.20. The van der Waals surface area contributed by atoms with Crippen LogP contribution in [0.5, 0.6) is 11.5 Å². The van der Waals surface area contributed by atoms with Crippen LogP contribution < -0.4 is 14.8 Å². The van der Waals surface area contributed by atoms with Gasteiger partial charge in [-0.25, -0.2) is 8.42 Å². The van der Waals surface area contributed by atoms with Crippen LogP contribution in [0.1, 0.15) is 18.5 Å². The zero-order valence-electron chi connectivity index (χ0n) is 13.4. The van der Waals surface area contributed by atoms with Crippen molar-refractivity contribution in [3.05, 3.63) is 23.8 Å². The van der Waals surface area contributed by atoms with Crippen LogP contribution in [0.4, 0.5) is 0 Å². The van der Waals surface area contributed by atoms with Gasteiger partial charge in [0.05, 0.1) is 33.1 Å². The van der Waals surface area contributed by atoms with E-state index in [1.165, 1.54) is 14.2 Å². The van der Waals surface area contributed by atoms with Crippen molar-refractivity contribution >= 4 is 15.9 Å². The van der Waals surface area contributed by atoms with Gasteiger partial charge in [0, 0.05) is 18.7 Å². The number of rotatable bonds is 7. The fraction of sp³-hybridized carbons (Fsp3) is 0.500. The molecule has 0 heterocycles. The highest BCUT2D eigenvalue weighted by molar-refractivity contribution is 7.88. The van der Waals surface area contributed by atoms with E-state index in [9.17, 15) is 13.2 Å². The number of nitrogens with one attached hydrogen (secondary N) is 1. The minimum atomic E-state index is -3.39. The average molecular weight is 330 g/mol. The number of ether oxygens (including phenoxy) is 2. The molecular formula is C14H22N2O5S. The van der Waals surface area contributed by atoms with Gasteiger partial charge in [0.2, 0.25) is 15.9 Å². The van der Waals surface area contributed by atoms with Gasteiger partial charge in [-0.3, -0.25) is 4.79 Å². The van der Waals surface area contributed by atoms with E-state index in [1.807, 2.05) is 0 Å². The van der Waals surface area contributed by atoms with Crippen molar-refractivity contribution in [1.29, 1.82) is 0 Å². The number of likely N-dealkylation sites (N-methyl/N-ethyl adjacent to an activating group) is 1. The van der Waals surface area contributed by atoms with Gasteiger partial charge < -0.3 is 14.8 Å². The van der Waals surface area contributed by atoms with E-state index in [0.717, 1.165) is 16.1 Å². The number of hydrogen-bond donors (Lipinski definition) is 1.